The summed E-state index contributed by atoms with van der Waals surface area (Å²) in [5, 5.41) is 0. The molecule has 0 saturated heterocycles. The smallest absolute Gasteiger partial charge is 0.457 e. The Morgan fingerprint density at radius 3 is 1.43 bits per heavy atom. The quantitative estimate of drug-likeness (QED) is 0.0214. The third-order valence-corrected chi connectivity index (χ3v) is 11.9. The van der Waals surface area contributed by atoms with Gasteiger partial charge in [-0.3, -0.25) is 13.8 Å². The van der Waals surface area contributed by atoms with Crippen LogP contribution in [0.1, 0.15) is 219 Å². The molecular weight excluding hydrogens is 782 g/mol. The van der Waals surface area contributed by atoms with Crippen LogP contribution in [0.3, 0.4) is 0 Å². The Balaban J connectivity index is 4.16. The molecule has 0 saturated carbocycles. The van der Waals surface area contributed by atoms with Crippen LogP contribution in [-0.2, 0) is 27.9 Å². The average molecular weight is 881 g/mol. The second-order valence-electron chi connectivity index (χ2n) is 18.2. The number of esters is 1. The number of ether oxygens (including phenoxy) is 2. The van der Waals surface area contributed by atoms with Crippen molar-refractivity contribution in [1.29, 1.82) is 0 Å². The lowest BCUT2D eigenvalue weighted by Gasteiger charge is -2.24. The standard InChI is InChI=1S/C52H98NO7P/c1-6-8-10-12-14-16-18-20-22-24-26-28-30-32-34-36-38-40-42-44-47-57-49-51(50-59-61(55,56)58-48-46-53(3,4)5)60-52(54)45-43-41-39-37-35-33-31-29-27-25-23-21-19-17-15-13-11-9-7-2/h9,11,15,17,21,23,27,29,51H,6-8,10,12-14,16,18-20,22,24-26,28,30-50H2,1-5H3/p+1/b11-9-,17-15-,23-21-,29-27-. The molecule has 0 aromatic rings. The van der Waals surface area contributed by atoms with Crippen molar-refractivity contribution in [2.24, 2.45) is 0 Å². The van der Waals surface area contributed by atoms with Gasteiger partial charge in [0.25, 0.3) is 0 Å². The second-order valence-corrected chi connectivity index (χ2v) is 19.6. The molecule has 8 nitrogen and oxygen atoms in total. The van der Waals surface area contributed by atoms with Crippen LogP contribution in [0.4, 0.5) is 0 Å². The van der Waals surface area contributed by atoms with Gasteiger partial charge in [0.1, 0.15) is 19.3 Å². The van der Waals surface area contributed by atoms with E-state index in [-0.39, 0.29) is 25.8 Å². The Labute approximate surface area is 378 Å². The molecule has 61 heavy (non-hydrogen) atoms. The summed E-state index contributed by atoms with van der Waals surface area (Å²) in [6, 6.07) is 0. The summed E-state index contributed by atoms with van der Waals surface area (Å²) in [6.07, 6.45) is 55.8. The number of rotatable bonds is 47. The molecule has 0 aromatic carbocycles. The third kappa shape index (κ3) is 49.3. The summed E-state index contributed by atoms with van der Waals surface area (Å²) in [7, 11) is 1.66. The first kappa shape index (κ1) is 59.5. The number of hydrogen-bond donors (Lipinski definition) is 1. The van der Waals surface area contributed by atoms with Crippen molar-refractivity contribution in [1.82, 2.24) is 0 Å². The number of allylic oxidation sites excluding steroid dienone is 8. The molecule has 0 rings (SSSR count). The molecule has 0 amide bonds. The largest absolute Gasteiger partial charge is 0.472 e. The number of hydrogen-bond acceptors (Lipinski definition) is 6. The highest BCUT2D eigenvalue weighted by Crippen LogP contribution is 2.43. The molecule has 2 atom stereocenters. The molecule has 2 unspecified atom stereocenters. The highest BCUT2D eigenvalue weighted by atomic mass is 31.2. The average Bonchev–Trinajstić information content (AvgIpc) is 3.22. The Kier molecular flexibility index (Phi) is 43.9. The summed E-state index contributed by atoms with van der Waals surface area (Å²) in [5.41, 5.74) is 0. The summed E-state index contributed by atoms with van der Waals surface area (Å²) in [5.74, 6) is -0.325. The monoisotopic (exact) mass is 881 g/mol. The SMILES string of the molecule is CC/C=C\C/C=C\C/C=C\C/C=C\CCCCCCCCC(=O)OC(COCCCCCCCCCCCCCCCCCCCCCC)COP(=O)(O)OCC[N+](C)(C)C. The van der Waals surface area contributed by atoms with Gasteiger partial charge < -0.3 is 18.9 Å². The van der Waals surface area contributed by atoms with E-state index >= 15 is 0 Å². The van der Waals surface area contributed by atoms with Crippen LogP contribution < -0.4 is 0 Å². The van der Waals surface area contributed by atoms with Crippen molar-refractivity contribution >= 4 is 13.8 Å². The molecule has 358 valence electrons. The van der Waals surface area contributed by atoms with Crippen molar-refractivity contribution in [3.63, 3.8) is 0 Å². The van der Waals surface area contributed by atoms with Gasteiger partial charge in [-0.25, -0.2) is 4.57 Å². The van der Waals surface area contributed by atoms with E-state index < -0.39 is 13.9 Å². The van der Waals surface area contributed by atoms with E-state index in [2.05, 4.69) is 62.5 Å². The van der Waals surface area contributed by atoms with Gasteiger partial charge in [0.05, 0.1) is 34.4 Å². The minimum absolute atomic E-state index is 0.0854. The number of carbonyl (C=O) groups is 1. The number of phosphoric acid groups is 1. The van der Waals surface area contributed by atoms with Crippen molar-refractivity contribution in [2.75, 3.05) is 54.1 Å². The van der Waals surface area contributed by atoms with Crippen LogP contribution >= 0.6 is 7.82 Å². The summed E-state index contributed by atoms with van der Waals surface area (Å²) >= 11 is 0. The van der Waals surface area contributed by atoms with E-state index in [0.717, 1.165) is 70.6 Å². The second kappa shape index (κ2) is 45.0. The molecule has 0 aliphatic rings. The van der Waals surface area contributed by atoms with E-state index in [1.807, 2.05) is 21.1 Å². The van der Waals surface area contributed by atoms with Gasteiger partial charge >= 0.3 is 13.8 Å². The number of unbranched alkanes of at least 4 members (excludes halogenated alkanes) is 25. The molecule has 0 bridgehead atoms. The Morgan fingerprint density at radius 1 is 0.525 bits per heavy atom. The van der Waals surface area contributed by atoms with Crippen molar-refractivity contribution in [3.8, 4) is 0 Å². The molecule has 0 heterocycles. The highest BCUT2D eigenvalue weighted by Gasteiger charge is 2.26. The zero-order valence-electron chi connectivity index (χ0n) is 40.7. The van der Waals surface area contributed by atoms with Gasteiger partial charge in [-0.15, -0.1) is 0 Å². The van der Waals surface area contributed by atoms with Gasteiger partial charge in [0.2, 0.25) is 0 Å². The fraction of sp³-hybridized carbons (Fsp3) is 0.827. The van der Waals surface area contributed by atoms with E-state index in [1.165, 1.54) is 128 Å². The van der Waals surface area contributed by atoms with Gasteiger partial charge in [-0.05, 0) is 51.4 Å². The fourth-order valence-electron chi connectivity index (χ4n) is 7.02. The minimum atomic E-state index is -4.28. The summed E-state index contributed by atoms with van der Waals surface area (Å²) in [6.45, 7) is 5.52. The van der Waals surface area contributed by atoms with Gasteiger partial charge in [0.15, 0.2) is 0 Å². The van der Waals surface area contributed by atoms with Gasteiger partial charge in [0, 0.05) is 13.0 Å². The van der Waals surface area contributed by atoms with E-state index in [4.69, 9.17) is 18.5 Å². The van der Waals surface area contributed by atoms with Crippen molar-refractivity contribution in [3.05, 3.63) is 48.6 Å². The van der Waals surface area contributed by atoms with E-state index in [0.29, 0.717) is 24.1 Å². The van der Waals surface area contributed by atoms with E-state index in [1.54, 1.807) is 0 Å². The first-order valence-electron chi connectivity index (χ1n) is 25.4. The topological polar surface area (TPSA) is 91.3 Å². The number of carbonyl (C=O) groups excluding carboxylic acids is 1. The Bertz CT molecular complexity index is 1120. The summed E-state index contributed by atoms with van der Waals surface area (Å²) < 4.78 is 35.1. The fourth-order valence-corrected chi connectivity index (χ4v) is 7.76. The zero-order chi connectivity index (χ0) is 44.8. The van der Waals surface area contributed by atoms with Crippen molar-refractivity contribution < 1.29 is 37.3 Å². The first-order valence-corrected chi connectivity index (χ1v) is 26.9. The van der Waals surface area contributed by atoms with E-state index in [9.17, 15) is 14.3 Å². The maximum absolute atomic E-state index is 12.8. The van der Waals surface area contributed by atoms with Gasteiger partial charge in [-0.1, -0.05) is 210 Å². The molecular formula is C52H99NO7P+. The van der Waals surface area contributed by atoms with Crippen LogP contribution in [0.15, 0.2) is 48.6 Å². The lowest BCUT2D eigenvalue weighted by Crippen LogP contribution is -2.37. The molecule has 9 heteroatoms. The Hall–Kier alpha value is -1.54. The third-order valence-electron chi connectivity index (χ3n) is 10.9. The lowest BCUT2D eigenvalue weighted by atomic mass is 10.0. The number of likely N-dealkylation sites (N-methyl/N-ethyl adjacent to an activating group) is 1. The predicted octanol–water partition coefficient (Wildman–Crippen LogP) is 15.5. The molecule has 0 aliphatic heterocycles. The molecule has 0 spiro atoms. The molecule has 0 fully saturated rings. The molecule has 0 aliphatic carbocycles. The molecule has 0 aromatic heterocycles. The van der Waals surface area contributed by atoms with Crippen LogP contribution in [-0.4, -0.2) is 75.6 Å². The van der Waals surface area contributed by atoms with Crippen LogP contribution in [0, 0.1) is 0 Å². The first-order chi connectivity index (χ1) is 29.6. The van der Waals surface area contributed by atoms with Crippen LogP contribution in [0.25, 0.3) is 0 Å². The molecule has 1 N–H and O–H groups in total. The van der Waals surface area contributed by atoms with Crippen LogP contribution in [0.2, 0.25) is 0 Å². The maximum Gasteiger partial charge on any atom is 0.472 e. The Morgan fingerprint density at radius 2 is 0.951 bits per heavy atom. The number of nitrogens with zero attached hydrogens (tertiary/aromatic N) is 1. The zero-order valence-corrected chi connectivity index (χ0v) is 41.5. The predicted molar refractivity (Wildman–Crippen MR) is 261 cm³/mol. The normalized spacial score (nSPS) is 14.0. The molecule has 0 radical (unpaired) electrons. The van der Waals surface area contributed by atoms with Gasteiger partial charge in [-0.2, -0.15) is 0 Å². The minimum Gasteiger partial charge on any atom is -0.457 e. The van der Waals surface area contributed by atoms with Crippen LogP contribution in [0.5, 0.6) is 0 Å². The number of quaternary nitrogens is 1. The lowest BCUT2D eigenvalue weighted by molar-refractivity contribution is -0.870. The maximum atomic E-state index is 12.8. The summed E-state index contributed by atoms with van der Waals surface area (Å²) in [4.78, 5) is 23.0. The number of phosphoric ester groups is 1. The highest BCUT2D eigenvalue weighted by molar-refractivity contribution is 7.47. The van der Waals surface area contributed by atoms with Crippen molar-refractivity contribution in [2.45, 2.75) is 225 Å².